The van der Waals surface area contributed by atoms with Crippen LogP contribution in [0.3, 0.4) is 0 Å². The molecule has 21 heavy (non-hydrogen) atoms. The van der Waals surface area contributed by atoms with Gasteiger partial charge in [-0.3, -0.25) is 14.5 Å². The molecule has 1 amide bonds. The smallest absolute Gasteiger partial charge is 0.305 e. The molecule has 0 spiro atoms. The Bertz CT molecular complexity index is 497. The molecule has 0 bridgehead atoms. The van der Waals surface area contributed by atoms with Gasteiger partial charge in [0.25, 0.3) is 0 Å². The minimum atomic E-state index is -0.247. The number of piperidine rings is 1. The van der Waals surface area contributed by atoms with Gasteiger partial charge in [0.15, 0.2) is 5.13 Å². The first-order chi connectivity index (χ1) is 10.1. The van der Waals surface area contributed by atoms with E-state index in [0.717, 1.165) is 31.6 Å². The van der Waals surface area contributed by atoms with Gasteiger partial charge in [-0.05, 0) is 25.9 Å². The number of amides is 1. The molecule has 6 nitrogen and oxygen atoms in total. The summed E-state index contributed by atoms with van der Waals surface area (Å²) >= 11 is 1.44. The van der Waals surface area contributed by atoms with Gasteiger partial charge in [-0.2, -0.15) is 0 Å². The highest BCUT2D eigenvalue weighted by molar-refractivity contribution is 7.14. The van der Waals surface area contributed by atoms with Gasteiger partial charge in [0, 0.05) is 24.8 Å². The Morgan fingerprint density at radius 3 is 2.86 bits per heavy atom. The molecule has 1 aliphatic heterocycles. The molecule has 1 N–H and O–H groups in total. The first-order valence-corrected chi connectivity index (χ1v) is 7.99. The molecule has 2 heterocycles. The van der Waals surface area contributed by atoms with Gasteiger partial charge in [0.2, 0.25) is 5.91 Å². The molecule has 0 atom stereocenters. The quantitative estimate of drug-likeness (QED) is 0.828. The second-order valence-electron chi connectivity index (χ2n) is 5.12. The van der Waals surface area contributed by atoms with Crippen LogP contribution < -0.4 is 10.2 Å². The van der Waals surface area contributed by atoms with Gasteiger partial charge >= 0.3 is 5.97 Å². The maximum absolute atomic E-state index is 12.4. The zero-order valence-electron chi connectivity index (χ0n) is 12.4. The molecule has 0 saturated carbocycles. The fourth-order valence-corrected chi connectivity index (χ4v) is 3.16. The molecule has 0 aliphatic carbocycles. The number of aromatic nitrogens is 1. The molecule has 1 aromatic rings. The standard InChI is InChI=1S/C14H21N3O3S/c1-17(13(19)10-5-7-15-8-6-10)14-16-11(9-21-14)3-4-12(18)20-2/h9-10,15H,3-8H2,1-2H3. The summed E-state index contributed by atoms with van der Waals surface area (Å²) in [5.41, 5.74) is 0.824. The van der Waals surface area contributed by atoms with Crippen LogP contribution in [0.1, 0.15) is 25.0 Å². The summed E-state index contributed by atoms with van der Waals surface area (Å²) in [5.74, 6) is -0.0345. The van der Waals surface area contributed by atoms with Gasteiger partial charge in [-0.25, -0.2) is 4.98 Å². The molecular weight excluding hydrogens is 290 g/mol. The van der Waals surface area contributed by atoms with E-state index in [2.05, 4.69) is 15.0 Å². The van der Waals surface area contributed by atoms with Crippen molar-refractivity contribution in [1.29, 1.82) is 0 Å². The minimum absolute atomic E-state index is 0.0821. The molecular formula is C14H21N3O3S. The number of carbonyl (C=O) groups is 2. The second-order valence-corrected chi connectivity index (χ2v) is 5.96. The van der Waals surface area contributed by atoms with E-state index in [1.165, 1.54) is 18.4 Å². The lowest BCUT2D eigenvalue weighted by Gasteiger charge is -2.25. The number of nitrogens with zero attached hydrogens (tertiary/aromatic N) is 2. The Labute approximate surface area is 128 Å². The fraction of sp³-hybridized carbons (Fsp3) is 0.643. The van der Waals surface area contributed by atoms with Crippen LogP contribution in [0, 0.1) is 5.92 Å². The average molecular weight is 311 g/mol. The molecule has 1 saturated heterocycles. The predicted molar refractivity (Wildman–Crippen MR) is 81.5 cm³/mol. The summed E-state index contributed by atoms with van der Waals surface area (Å²) in [6.45, 7) is 1.79. The van der Waals surface area contributed by atoms with Crippen molar-refractivity contribution in [2.45, 2.75) is 25.7 Å². The Morgan fingerprint density at radius 2 is 2.19 bits per heavy atom. The van der Waals surface area contributed by atoms with Crippen LogP contribution in [0.25, 0.3) is 0 Å². The zero-order valence-corrected chi connectivity index (χ0v) is 13.2. The van der Waals surface area contributed by atoms with Crippen LogP contribution in [0.4, 0.5) is 5.13 Å². The number of thiazole rings is 1. The van der Waals surface area contributed by atoms with Crippen molar-refractivity contribution in [1.82, 2.24) is 10.3 Å². The Balaban J connectivity index is 1.93. The van der Waals surface area contributed by atoms with Crippen molar-refractivity contribution in [3.05, 3.63) is 11.1 Å². The van der Waals surface area contributed by atoms with Gasteiger partial charge in [0.1, 0.15) is 0 Å². The lowest BCUT2D eigenvalue weighted by Crippen LogP contribution is -2.39. The molecule has 0 aromatic carbocycles. The first-order valence-electron chi connectivity index (χ1n) is 7.11. The third-order valence-electron chi connectivity index (χ3n) is 3.66. The van der Waals surface area contributed by atoms with Gasteiger partial charge in [0.05, 0.1) is 19.2 Å². The SMILES string of the molecule is COC(=O)CCc1csc(N(C)C(=O)C2CCNCC2)n1. The van der Waals surface area contributed by atoms with Crippen molar-refractivity contribution < 1.29 is 14.3 Å². The van der Waals surface area contributed by atoms with Crippen molar-refractivity contribution in [3.63, 3.8) is 0 Å². The normalized spacial score (nSPS) is 15.7. The van der Waals surface area contributed by atoms with Crippen LogP contribution in [-0.4, -0.2) is 44.1 Å². The van der Waals surface area contributed by atoms with Gasteiger partial charge in [-0.1, -0.05) is 0 Å². The highest BCUT2D eigenvalue weighted by atomic mass is 32.1. The van der Waals surface area contributed by atoms with Crippen LogP contribution >= 0.6 is 11.3 Å². The maximum Gasteiger partial charge on any atom is 0.305 e. The van der Waals surface area contributed by atoms with Crippen molar-refractivity contribution in [2.75, 3.05) is 32.1 Å². The monoisotopic (exact) mass is 311 g/mol. The molecule has 1 aromatic heterocycles. The number of nitrogens with one attached hydrogen (secondary N) is 1. The Morgan fingerprint density at radius 1 is 1.48 bits per heavy atom. The molecule has 1 aliphatic rings. The van der Waals surface area contributed by atoms with Gasteiger partial charge < -0.3 is 10.1 Å². The summed E-state index contributed by atoms with van der Waals surface area (Å²) in [6.07, 6.45) is 2.61. The fourth-order valence-electron chi connectivity index (χ4n) is 2.33. The van der Waals surface area contributed by atoms with Crippen molar-refractivity contribution in [3.8, 4) is 0 Å². The van der Waals surface area contributed by atoms with E-state index in [0.29, 0.717) is 18.0 Å². The third kappa shape index (κ3) is 4.25. The second kappa shape index (κ2) is 7.51. The highest BCUT2D eigenvalue weighted by Crippen LogP contribution is 2.24. The number of hydrogen-bond donors (Lipinski definition) is 1. The van der Waals surface area contributed by atoms with E-state index < -0.39 is 0 Å². The number of aryl methyl sites for hydroxylation is 1. The van der Waals surface area contributed by atoms with Crippen LogP contribution in [0.2, 0.25) is 0 Å². The summed E-state index contributed by atoms with van der Waals surface area (Å²) in [6, 6.07) is 0. The van der Waals surface area contributed by atoms with Crippen LogP contribution in [0.15, 0.2) is 5.38 Å². The largest absolute Gasteiger partial charge is 0.469 e. The third-order valence-corrected chi connectivity index (χ3v) is 4.62. The molecule has 7 heteroatoms. The van der Waals surface area contributed by atoms with E-state index >= 15 is 0 Å². The van der Waals surface area contributed by atoms with E-state index in [-0.39, 0.29) is 17.8 Å². The van der Waals surface area contributed by atoms with E-state index in [4.69, 9.17) is 0 Å². The number of hydrogen-bond acceptors (Lipinski definition) is 6. The Kier molecular flexibility index (Phi) is 5.69. The lowest BCUT2D eigenvalue weighted by atomic mass is 9.97. The number of ether oxygens (including phenoxy) is 1. The van der Waals surface area contributed by atoms with E-state index in [1.54, 1.807) is 11.9 Å². The van der Waals surface area contributed by atoms with Crippen LogP contribution in [0.5, 0.6) is 0 Å². The molecule has 0 unspecified atom stereocenters. The van der Waals surface area contributed by atoms with E-state index in [1.807, 2.05) is 5.38 Å². The molecule has 0 radical (unpaired) electrons. The summed E-state index contributed by atoms with van der Waals surface area (Å²) < 4.78 is 4.61. The minimum Gasteiger partial charge on any atom is -0.469 e. The molecule has 116 valence electrons. The molecule has 2 rings (SSSR count). The summed E-state index contributed by atoms with van der Waals surface area (Å²) in [5, 5.41) is 5.84. The Hall–Kier alpha value is -1.47. The topological polar surface area (TPSA) is 71.5 Å². The number of esters is 1. The average Bonchev–Trinajstić information content (AvgIpc) is 3.00. The number of anilines is 1. The lowest BCUT2D eigenvalue weighted by molar-refractivity contribution is -0.140. The summed E-state index contributed by atoms with van der Waals surface area (Å²) in [4.78, 5) is 29.6. The van der Waals surface area contributed by atoms with Gasteiger partial charge in [-0.15, -0.1) is 11.3 Å². The maximum atomic E-state index is 12.4. The highest BCUT2D eigenvalue weighted by Gasteiger charge is 2.25. The first kappa shape index (κ1) is 15.9. The van der Waals surface area contributed by atoms with Crippen molar-refractivity contribution in [2.24, 2.45) is 5.92 Å². The number of rotatable bonds is 5. The molecule has 1 fully saturated rings. The number of carbonyl (C=O) groups excluding carboxylic acids is 2. The van der Waals surface area contributed by atoms with E-state index in [9.17, 15) is 9.59 Å². The zero-order chi connectivity index (χ0) is 15.2. The summed E-state index contributed by atoms with van der Waals surface area (Å²) in [7, 11) is 3.15. The van der Waals surface area contributed by atoms with Crippen LogP contribution in [-0.2, 0) is 20.7 Å². The predicted octanol–water partition coefficient (Wildman–Crippen LogP) is 1.21. The number of methoxy groups -OCH3 is 1. The van der Waals surface area contributed by atoms with Crippen molar-refractivity contribution >= 4 is 28.3 Å².